The van der Waals surface area contributed by atoms with Crippen LogP contribution < -0.4 is 14.8 Å². The van der Waals surface area contributed by atoms with Crippen LogP contribution in [0.15, 0.2) is 24.3 Å². The zero-order chi connectivity index (χ0) is 25.9. The molecule has 3 rings (SSSR count). The van der Waals surface area contributed by atoms with Crippen molar-refractivity contribution in [3.8, 4) is 17.2 Å². The molecule has 0 bridgehead atoms. The van der Waals surface area contributed by atoms with Gasteiger partial charge in [-0.2, -0.15) is 0 Å². The molecule has 3 atom stereocenters. The van der Waals surface area contributed by atoms with Crippen LogP contribution in [0.2, 0.25) is 5.02 Å². The Morgan fingerprint density at radius 3 is 2.49 bits per heavy atom. The molecule has 1 aliphatic rings. The molecule has 0 radical (unpaired) electrons. The lowest BCUT2D eigenvalue weighted by atomic mass is 9.85. The normalized spacial score (nSPS) is 18.1. The Morgan fingerprint density at radius 1 is 1.17 bits per heavy atom. The maximum atomic E-state index is 13.3. The van der Waals surface area contributed by atoms with Crippen LogP contribution in [0.1, 0.15) is 64.4 Å². The molecule has 1 heterocycles. The number of phenolic OH excluding ortho intramolecular Hbond substituents is 1. The lowest BCUT2D eigenvalue weighted by Crippen LogP contribution is -2.39. The number of hydrogen-bond donors (Lipinski definition) is 2. The quantitative estimate of drug-likeness (QED) is 0.297. The molecular weight excluding hydrogens is 474 g/mol. The second-order valence-corrected chi connectivity index (χ2v) is 8.95. The van der Waals surface area contributed by atoms with Gasteiger partial charge in [-0.05, 0) is 38.4 Å². The van der Waals surface area contributed by atoms with Gasteiger partial charge in [-0.3, -0.25) is 14.4 Å². The Balaban J connectivity index is 2.03. The molecule has 8 nitrogen and oxygen atoms in total. The molecule has 9 heteroatoms. The van der Waals surface area contributed by atoms with Crippen LogP contribution in [0.3, 0.4) is 0 Å². The molecule has 0 spiro atoms. The van der Waals surface area contributed by atoms with Crippen LogP contribution in [0, 0.1) is 6.92 Å². The molecule has 2 N–H and O–H groups in total. The van der Waals surface area contributed by atoms with E-state index in [4.69, 9.17) is 25.8 Å². The first-order valence-electron chi connectivity index (χ1n) is 11.3. The van der Waals surface area contributed by atoms with Crippen molar-refractivity contribution >= 4 is 29.1 Å². The van der Waals surface area contributed by atoms with E-state index in [-0.39, 0.29) is 39.6 Å². The van der Waals surface area contributed by atoms with Crippen molar-refractivity contribution in [2.75, 3.05) is 20.8 Å². The fraction of sp³-hybridized carbons (Fsp3) is 0.423. The number of carbonyl (C=O) groups excluding carboxylic acids is 3. The molecule has 35 heavy (non-hydrogen) atoms. The van der Waals surface area contributed by atoms with Crippen molar-refractivity contribution in [2.45, 2.75) is 51.7 Å². The van der Waals surface area contributed by atoms with Crippen molar-refractivity contribution in [1.82, 2.24) is 5.32 Å². The number of hydrogen-bond acceptors (Lipinski definition) is 8. The molecule has 1 fully saturated rings. The number of nitrogens with one attached hydrogen (secondary N) is 1. The predicted octanol–water partition coefficient (Wildman–Crippen LogP) is 4.22. The van der Waals surface area contributed by atoms with Gasteiger partial charge in [0.25, 0.3) is 0 Å². The first-order chi connectivity index (χ1) is 16.6. The molecule has 0 saturated carbocycles. The summed E-state index contributed by atoms with van der Waals surface area (Å²) in [7, 11) is 2.82. The van der Waals surface area contributed by atoms with Gasteiger partial charge < -0.3 is 24.6 Å². The van der Waals surface area contributed by atoms with E-state index in [2.05, 4.69) is 5.32 Å². The highest BCUT2D eigenvalue weighted by molar-refractivity contribution is 6.35. The monoisotopic (exact) mass is 503 g/mol. The number of aryl methyl sites for hydroxylation is 1. The fourth-order valence-corrected chi connectivity index (χ4v) is 4.90. The number of halogens is 1. The van der Waals surface area contributed by atoms with Crippen LogP contribution in [-0.2, 0) is 9.53 Å². The summed E-state index contributed by atoms with van der Waals surface area (Å²) in [4.78, 5) is 37.7. The number of esters is 1. The number of rotatable bonds is 9. The average Bonchev–Trinajstić information content (AvgIpc) is 3.28. The summed E-state index contributed by atoms with van der Waals surface area (Å²) in [5.74, 6) is -1.71. The highest BCUT2D eigenvalue weighted by Crippen LogP contribution is 2.47. The van der Waals surface area contributed by atoms with Gasteiger partial charge in [0.1, 0.15) is 28.9 Å². The van der Waals surface area contributed by atoms with Gasteiger partial charge in [-0.1, -0.05) is 23.7 Å². The summed E-state index contributed by atoms with van der Waals surface area (Å²) in [6, 6.07) is 6.24. The van der Waals surface area contributed by atoms with Crippen molar-refractivity contribution in [2.24, 2.45) is 0 Å². The first-order valence-corrected chi connectivity index (χ1v) is 11.7. The molecule has 2 aromatic carbocycles. The summed E-state index contributed by atoms with van der Waals surface area (Å²) in [6.07, 6.45) is -0.386. The molecular formula is C26H30ClNO7. The molecule has 0 amide bonds. The number of phenols is 1. The highest BCUT2D eigenvalue weighted by Gasteiger charge is 2.39. The predicted molar refractivity (Wildman–Crippen MR) is 131 cm³/mol. The summed E-state index contributed by atoms with van der Waals surface area (Å²) in [5.41, 5.74) is 1.25. The van der Waals surface area contributed by atoms with E-state index in [0.29, 0.717) is 24.3 Å². The minimum atomic E-state index is -0.610. The number of aromatic hydroxyl groups is 1. The van der Waals surface area contributed by atoms with Gasteiger partial charge in [0, 0.05) is 30.0 Å². The van der Waals surface area contributed by atoms with E-state index >= 15 is 0 Å². The highest BCUT2D eigenvalue weighted by atomic mass is 35.5. The number of benzene rings is 2. The smallest absolute Gasteiger partial charge is 0.302 e. The fourth-order valence-electron chi connectivity index (χ4n) is 4.67. The van der Waals surface area contributed by atoms with Gasteiger partial charge in [0.15, 0.2) is 11.6 Å². The van der Waals surface area contributed by atoms with Gasteiger partial charge in [0.05, 0.1) is 31.7 Å². The van der Waals surface area contributed by atoms with E-state index in [0.717, 1.165) is 5.56 Å². The van der Waals surface area contributed by atoms with Crippen molar-refractivity contribution < 1.29 is 33.7 Å². The molecule has 2 aromatic rings. The molecule has 1 saturated heterocycles. The van der Waals surface area contributed by atoms with Crippen molar-refractivity contribution in [3.63, 3.8) is 0 Å². The Kier molecular flexibility index (Phi) is 8.40. The van der Waals surface area contributed by atoms with Crippen molar-refractivity contribution in [1.29, 1.82) is 0 Å². The van der Waals surface area contributed by atoms with E-state index in [9.17, 15) is 19.5 Å². The minimum absolute atomic E-state index is 0.0896. The number of Topliss-reactive ketones (excluding diaryl/α,β-unsaturated/α-hetero) is 2. The van der Waals surface area contributed by atoms with E-state index in [1.165, 1.54) is 27.2 Å². The lowest BCUT2D eigenvalue weighted by Gasteiger charge is -2.28. The van der Waals surface area contributed by atoms with Gasteiger partial charge in [-0.25, -0.2) is 0 Å². The molecule has 3 unspecified atom stereocenters. The summed E-state index contributed by atoms with van der Waals surface area (Å²) < 4.78 is 16.3. The lowest BCUT2D eigenvalue weighted by molar-refractivity contribution is -0.146. The van der Waals surface area contributed by atoms with Crippen LogP contribution in [0.4, 0.5) is 0 Å². The summed E-state index contributed by atoms with van der Waals surface area (Å²) in [6.45, 7) is 5.48. The van der Waals surface area contributed by atoms with E-state index in [1.807, 2.05) is 0 Å². The maximum absolute atomic E-state index is 13.3. The summed E-state index contributed by atoms with van der Waals surface area (Å²) in [5, 5.41) is 14.9. The molecule has 188 valence electrons. The number of carbonyl (C=O) groups is 3. The Hall–Kier alpha value is -3.10. The average molecular weight is 504 g/mol. The van der Waals surface area contributed by atoms with Gasteiger partial charge in [-0.15, -0.1) is 0 Å². The van der Waals surface area contributed by atoms with Gasteiger partial charge in [0.2, 0.25) is 0 Å². The molecule has 0 aliphatic carbocycles. The van der Waals surface area contributed by atoms with Crippen molar-refractivity contribution in [3.05, 3.63) is 51.5 Å². The third-order valence-corrected chi connectivity index (χ3v) is 6.80. The second-order valence-electron chi connectivity index (χ2n) is 8.57. The Labute approximate surface area is 209 Å². The maximum Gasteiger partial charge on any atom is 0.302 e. The van der Waals surface area contributed by atoms with Crippen LogP contribution in [0.5, 0.6) is 17.2 Å². The summed E-state index contributed by atoms with van der Waals surface area (Å²) >= 11 is 6.27. The number of ether oxygens (including phenoxy) is 3. The first kappa shape index (κ1) is 26.5. The van der Waals surface area contributed by atoms with Crippen LogP contribution in [0.25, 0.3) is 0 Å². The van der Waals surface area contributed by atoms with Crippen LogP contribution in [-0.4, -0.2) is 55.6 Å². The third-order valence-electron chi connectivity index (χ3n) is 6.30. The van der Waals surface area contributed by atoms with Crippen LogP contribution >= 0.6 is 11.6 Å². The minimum Gasteiger partial charge on any atom is -0.507 e. The Bertz CT molecular complexity index is 1150. The standard InChI is InChI=1S/C26H30ClNO7/c1-13-7-6-8-16(24(13)27)18(30)11-19(31)23-21(34-5)12-20(33-4)22(26(23)32)17-9-10-28-25(17)14(2)35-15(3)29/h6-8,12,14,17,25,28,32H,9-11H2,1-5H3. The second kappa shape index (κ2) is 11.1. The number of ketones is 2. The third kappa shape index (κ3) is 5.44. The SMILES string of the molecule is COc1cc(OC)c(C2CCNC2C(C)OC(C)=O)c(O)c1C(=O)CC(=O)c1cccc(C)c1Cl. The van der Waals surface area contributed by atoms with E-state index < -0.39 is 30.1 Å². The number of methoxy groups -OCH3 is 2. The largest absolute Gasteiger partial charge is 0.507 e. The topological polar surface area (TPSA) is 111 Å². The van der Waals surface area contributed by atoms with E-state index in [1.54, 1.807) is 32.0 Å². The Morgan fingerprint density at radius 2 is 1.86 bits per heavy atom. The molecule has 1 aliphatic heterocycles. The zero-order valence-electron chi connectivity index (χ0n) is 20.4. The zero-order valence-corrected chi connectivity index (χ0v) is 21.2. The molecule has 0 aromatic heterocycles. The van der Waals surface area contributed by atoms with Gasteiger partial charge >= 0.3 is 5.97 Å².